The van der Waals surface area contributed by atoms with Gasteiger partial charge in [0.25, 0.3) is 0 Å². The summed E-state index contributed by atoms with van der Waals surface area (Å²) in [5.74, 6) is 0.619. The van der Waals surface area contributed by atoms with E-state index in [0.717, 1.165) is 26.1 Å². The lowest BCUT2D eigenvalue weighted by molar-refractivity contribution is -0.122. The van der Waals surface area contributed by atoms with Crippen LogP contribution in [0.25, 0.3) is 0 Å². The van der Waals surface area contributed by atoms with Crippen molar-refractivity contribution in [2.75, 3.05) is 26.2 Å². The number of nitrogens with one attached hydrogen (secondary N) is 1. The molecular weight excluding hydrogens is 252 g/mol. The third kappa shape index (κ3) is 4.19. The Morgan fingerprint density at radius 3 is 2.55 bits per heavy atom. The lowest BCUT2D eigenvalue weighted by Crippen LogP contribution is -2.43. The van der Waals surface area contributed by atoms with E-state index < -0.39 is 0 Å². The molecule has 2 atom stereocenters. The van der Waals surface area contributed by atoms with Gasteiger partial charge in [0.1, 0.15) is 0 Å². The van der Waals surface area contributed by atoms with Crippen LogP contribution in [-0.4, -0.2) is 49.2 Å². The minimum Gasteiger partial charge on any atom is -0.377 e. The molecule has 1 aliphatic heterocycles. The summed E-state index contributed by atoms with van der Waals surface area (Å²) in [5, 5.41) is 3.11. The Balaban J connectivity index is 1.75. The summed E-state index contributed by atoms with van der Waals surface area (Å²) in [6.07, 6.45) is 3.82. The van der Waals surface area contributed by atoms with Gasteiger partial charge in [-0.1, -0.05) is 27.7 Å². The Labute approximate surface area is 123 Å². The number of carbonyl (C=O) groups is 1. The fraction of sp³-hybridized carbons (Fsp3) is 0.938. The highest BCUT2D eigenvalue weighted by molar-refractivity contribution is 5.78. The maximum Gasteiger partial charge on any atom is 0.234 e. The molecule has 0 bridgehead atoms. The molecule has 2 fully saturated rings. The van der Waals surface area contributed by atoms with Crippen LogP contribution < -0.4 is 5.32 Å². The zero-order valence-electron chi connectivity index (χ0n) is 13.4. The molecule has 1 saturated carbocycles. The number of rotatable bonds is 6. The quantitative estimate of drug-likeness (QED) is 0.810. The fourth-order valence-electron chi connectivity index (χ4n) is 3.22. The average molecular weight is 282 g/mol. The second-order valence-corrected chi connectivity index (χ2v) is 7.30. The van der Waals surface area contributed by atoms with Gasteiger partial charge in [0, 0.05) is 25.1 Å². The van der Waals surface area contributed by atoms with E-state index in [9.17, 15) is 4.79 Å². The van der Waals surface area contributed by atoms with E-state index in [-0.39, 0.29) is 17.4 Å². The molecule has 0 unspecified atom stereocenters. The number of ether oxygens (including phenoxy) is 1. The van der Waals surface area contributed by atoms with Crippen LogP contribution in [0.15, 0.2) is 0 Å². The smallest absolute Gasteiger partial charge is 0.234 e. The second-order valence-electron chi connectivity index (χ2n) is 7.30. The number of likely N-dealkylation sites (N-methyl/N-ethyl adjacent to an activating group) is 1. The Morgan fingerprint density at radius 2 is 2.00 bits per heavy atom. The summed E-state index contributed by atoms with van der Waals surface area (Å²) in [6.45, 7) is 11.9. The summed E-state index contributed by atoms with van der Waals surface area (Å²) in [5.41, 5.74) is 0.148. The van der Waals surface area contributed by atoms with Gasteiger partial charge in [-0.25, -0.2) is 0 Å². The van der Waals surface area contributed by atoms with Crippen molar-refractivity contribution in [3.05, 3.63) is 0 Å². The average Bonchev–Trinajstić information content (AvgIpc) is 3.09. The third-order valence-electron chi connectivity index (χ3n) is 4.45. The molecular formula is C16H30N2O2. The van der Waals surface area contributed by atoms with E-state index >= 15 is 0 Å². The van der Waals surface area contributed by atoms with E-state index in [2.05, 4.69) is 37.9 Å². The zero-order chi connectivity index (χ0) is 14.8. The number of hydrogen-bond acceptors (Lipinski definition) is 3. The van der Waals surface area contributed by atoms with Crippen LogP contribution in [0.5, 0.6) is 0 Å². The molecule has 4 heteroatoms. The van der Waals surface area contributed by atoms with Crippen molar-refractivity contribution in [1.82, 2.24) is 10.2 Å². The normalized spacial score (nSPS) is 27.1. The SMILES string of the molecule is CCN(CC(=O)NC[C@H]1CCO[C@@H]1C(C)(C)C)C1CC1. The molecule has 116 valence electrons. The number of nitrogens with zero attached hydrogens (tertiary/aromatic N) is 1. The van der Waals surface area contributed by atoms with E-state index in [1.807, 2.05) is 0 Å². The van der Waals surface area contributed by atoms with Gasteiger partial charge in [-0.3, -0.25) is 9.69 Å². The molecule has 1 N–H and O–H groups in total. The van der Waals surface area contributed by atoms with Crippen LogP contribution in [0.2, 0.25) is 0 Å². The van der Waals surface area contributed by atoms with Gasteiger partial charge in [-0.15, -0.1) is 0 Å². The zero-order valence-corrected chi connectivity index (χ0v) is 13.4. The van der Waals surface area contributed by atoms with Crippen molar-refractivity contribution >= 4 is 5.91 Å². The lowest BCUT2D eigenvalue weighted by Gasteiger charge is -2.31. The van der Waals surface area contributed by atoms with Crippen molar-refractivity contribution in [3.8, 4) is 0 Å². The van der Waals surface area contributed by atoms with Gasteiger partial charge < -0.3 is 10.1 Å². The van der Waals surface area contributed by atoms with Gasteiger partial charge in [0.2, 0.25) is 5.91 Å². The predicted molar refractivity (Wildman–Crippen MR) is 80.6 cm³/mol. The molecule has 2 aliphatic rings. The van der Waals surface area contributed by atoms with Crippen LogP contribution in [0.3, 0.4) is 0 Å². The highest BCUT2D eigenvalue weighted by atomic mass is 16.5. The Bertz CT molecular complexity index is 334. The summed E-state index contributed by atoms with van der Waals surface area (Å²) in [6, 6.07) is 0.655. The number of amides is 1. The second kappa shape index (κ2) is 6.44. The van der Waals surface area contributed by atoms with Crippen LogP contribution >= 0.6 is 0 Å². The Kier molecular flexibility index (Phi) is 5.08. The molecule has 1 amide bonds. The molecule has 0 aromatic carbocycles. The molecule has 0 radical (unpaired) electrons. The van der Waals surface area contributed by atoms with Crippen LogP contribution in [0.1, 0.15) is 47.0 Å². The van der Waals surface area contributed by atoms with Gasteiger partial charge >= 0.3 is 0 Å². The molecule has 0 aromatic heterocycles. The van der Waals surface area contributed by atoms with Gasteiger partial charge in [-0.05, 0) is 31.2 Å². The highest BCUT2D eigenvalue weighted by Crippen LogP contribution is 2.34. The first kappa shape index (κ1) is 15.8. The number of carbonyl (C=O) groups excluding carboxylic acids is 1. The predicted octanol–water partition coefficient (Wildman–Crippen LogP) is 2.04. The van der Waals surface area contributed by atoms with Crippen LogP contribution in [0.4, 0.5) is 0 Å². The molecule has 1 saturated heterocycles. The van der Waals surface area contributed by atoms with Crippen LogP contribution in [0, 0.1) is 11.3 Å². The molecule has 4 nitrogen and oxygen atoms in total. The first-order valence-electron chi connectivity index (χ1n) is 8.04. The largest absolute Gasteiger partial charge is 0.377 e. The summed E-state index contributed by atoms with van der Waals surface area (Å²) in [4.78, 5) is 14.3. The number of hydrogen-bond donors (Lipinski definition) is 1. The molecule has 1 heterocycles. The first-order valence-corrected chi connectivity index (χ1v) is 8.04. The van der Waals surface area contributed by atoms with Crippen LogP contribution in [-0.2, 0) is 9.53 Å². The van der Waals surface area contributed by atoms with Crippen molar-refractivity contribution in [2.24, 2.45) is 11.3 Å². The van der Waals surface area contributed by atoms with Gasteiger partial charge in [0.05, 0.1) is 12.6 Å². The lowest BCUT2D eigenvalue weighted by atomic mass is 9.81. The topological polar surface area (TPSA) is 41.6 Å². The van der Waals surface area contributed by atoms with Crippen molar-refractivity contribution in [3.63, 3.8) is 0 Å². The Morgan fingerprint density at radius 1 is 1.30 bits per heavy atom. The van der Waals surface area contributed by atoms with Crippen molar-refractivity contribution in [1.29, 1.82) is 0 Å². The minimum atomic E-state index is 0.148. The summed E-state index contributed by atoms with van der Waals surface area (Å²) < 4.78 is 5.85. The monoisotopic (exact) mass is 282 g/mol. The summed E-state index contributed by atoms with van der Waals surface area (Å²) in [7, 11) is 0. The van der Waals surface area contributed by atoms with Gasteiger partial charge in [0.15, 0.2) is 0 Å². The maximum atomic E-state index is 12.1. The Hall–Kier alpha value is -0.610. The highest BCUT2D eigenvalue weighted by Gasteiger charge is 2.37. The van der Waals surface area contributed by atoms with Crippen molar-refractivity contribution in [2.45, 2.75) is 59.1 Å². The van der Waals surface area contributed by atoms with E-state index in [4.69, 9.17) is 4.74 Å². The standard InChI is InChI=1S/C16H30N2O2/c1-5-18(13-6-7-13)11-14(19)17-10-12-8-9-20-15(12)16(2,3)4/h12-13,15H,5-11H2,1-4H3,(H,17,19)/t12-,15+/m1/s1. The minimum absolute atomic E-state index is 0.148. The molecule has 2 rings (SSSR count). The fourth-order valence-corrected chi connectivity index (χ4v) is 3.22. The molecule has 20 heavy (non-hydrogen) atoms. The van der Waals surface area contributed by atoms with E-state index in [1.54, 1.807) is 0 Å². The molecule has 0 aromatic rings. The van der Waals surface area contributed by atoms with E-state index in [0.29, 0.717) is 18.5 Å². The molecule has 0 spiro atoms. The maximum absolute atomic E-state index is 12.1. The van der Waals surface area contributed by atoms with Gasteiger partial charge in [-0.2, -0.15) is 0 Å². The first-order chi connectivity index (χ1) is 9.41. The third-order valence-corrected chi connectivity index (χ3v) is 4.45. The van der Waals surface area contributed by atoms with E-state index in [1.165, 1.54) is 12.8 Å². The van der Waals surface area contributed by atoms with Crippen molar-refractivity contribution < 1.29 is 9.53 Å². The molecule has 1 aliphatic carbocycles. The summed E-state index contributed by atoms with van der Waals surface area (Å²) >= 11 is 0.